The molecule has 118 valence electrons. The van der Waals surface area contributed by atoms with Gasteiger partial charge in [-0.25, -0.2) is 0 Å². The molecule has 1 atom stereocenters. The Morgan fingerprint density at radius 2 is 1.90 bits per heavy atom. The van der Waals surface area contributed by atoms with E-state index in [-0.39, 0.29) is 0 Å². The monoisotopic (exact) mass is 310 g/mol. The zero-order chi connectivity index (χ0) is 15.1. The first kappa shape index (κ1) is 16.3. The first-order valence-electron chi connectivity index (χ1n) is 7.83. The van der Waals surface area contributed by atoms with Gasteiger partial charge in [-0.3, -0.25) is 0 Å². The van der Waals surface area contributed by atoms with Crippen molar-refractivity contribution in [3.63, 3.8) is 0 Å². The third kappa shape index (κ3) is 5.02. The Morgan fingerprint density at radius 3 is 2.57 bits per heavy atom. The van der Waals surface area contributed by atoms with Crippen LogP contribution in [0.25, 0.3) is 0 Å². The summed E-state index contributed by atoms with van der Waals surface area (Å²) in [6, 6.07) is 4.33. The standard InChI is InChI=1S/C16H26O4Si/c1-3-18-15-12(6-5-9-17-10-13-11-20-13)7-8-14(21)16(15)19-4-2/h7-8,13H,3-6,9-11H2,1-2,21H3. The summed E-state index contributed by atoms with van der Waals surface area (Å²) < 4.78 is 22.3. The van der Waals surface area contributed by atoms with Crippen molar-refractivity contribution in [3.8, 4) is 11.5 Å². The van der Waals surface area contributed by atoms with Gasteiger partial charge in [0.1, 0.15) is 6.10 Å². The van der Waals surface area contributed by atoms with Gasteiger partial charge in [0.25, 0.3) is 0 Å². The Hall–Kier alpha value is -1.04. The molecule has 1 aromatic rings. The van der Waals surface area contributed by atoms with E-state index in [2.05, 4.69) is 12.1 Å². The molecule has 0 bridgehead atoms. The van der Waals surface area contributed by atoms with Crippen molar-refractivity contribution in [1.82, 2.24) is 0 Å². The van der Waals surface area contributed by atoms with Crippen LogP contribution in [0.15, 0.2) is 12.1 Å². The summed E-state index contributed by atoms with van der Waals surface area (Å²) in [5, 5.41) is 1.26. The summed E-state index contributed by atoms with van der Waals surface area (Å²) >= 11 is 0. The van der Waals surface area contributed by atoms with Crippen molar-refractivity contribution >= 4 is 15.4 Å². The summed E-state index contributed by atoms with van der Waals surface area (Å²) in [4.78, 5) is 0. The third-order valence-electron chi connectivity index (χ3n) is 3.41. The average molecular weight is 310 g/mol. The van der Waals surface area contributed by atoms with Gasteiger partial charge in [0, 0.05) is 16.8 Å². The van der Waals surface area contributed by atoms with Gasteiger partial charge in [0.2, 0.25) is 0 Å². The Labute approximate surface area is 130 Å². The van der Waals surface area contributed by atoms with Crippen LogP contribution in [-0.2, 0) is 15.9 Å². The van der Waals surface area contributed by atoms with Crippen molar-refractivity contribution in [2.45, 2.75) is 32.8 Å². The predicted molar refractivity (Wildman–Crippen MR) is 87.2 cm³/mol. The van der Waals surface area contributed by atoms with Gasteiger partial charge in [-0.05, 0) is 37.4 Å². The number of ether oxygens (including phenoxy) is 4. The molecule has 1 unspecified atom stereocenters. The van der Waals surface area contributed by atoms with Crippen LogP contribution in [0.3, 0.4) is 0 Å². The first-order chi connectivity index (χ1) is 10.3. The molecule has 21 heavy (non-hydrogen) atoms. The van der Waals surface area contributed by atoms with E-state index >= 15 is 0 Å². The van der Waals surface area contributed by atoms with E-state index in [1.54, 1.807) is 0 Å². The molecule has 1 saturated heterocycles. The number of epoxide rings is 1. The number of aryl methyl sites for hydroxylation is 1. The molecule has 1 aliphatic rings. The molecule has 0 aliphatic carbocycles. The predicted octanol–water partition coefficient (Wildman–Crippen LogP) is 0.823. The molecule has 5 heteroatoms. The Balaban J connectivity index is 1.93. The highest BCUT2D eigenvalue weighted by atomic mass is 28.1. The van der Waals surface area contributed by atoms with Crippen LogP contribution < -0.4 is 14.7 Å². The fraction of sp³-hybridized carbons (Fsp3) is 0.625. The van der Waals surface area contributed by atoms with Gasteiger partial charge >= 0.3 is 0 Å². The molecule has 1 heterocycles. The van der Waals surface area contributed by atoms with Gasteiger partial charge in [-0.1, -0.05) is 12.1 Å². The van der Waals surface area contributed by atoms with Crippen molar-refractivity contribution in [1.29, 1.82) is 0 Å². The second-order valence-electron chi connectivity index (χ2n) is 5.20. The summed E-state index contributed by atoms with van der Waals surface area (Å²) in [6.45, 7) is 7.69. The lowest BCUT2D eigenvalue weighted by molar-refractivity contribution is 0.114. The maximum Gasteiger partial charge on any atom is 0.164 e. The zero-order valence-corrected chi connectivity index (χ0v) is 15.3. The first-order valence-corrected chi connectivity index (χ1v) is 8.83. The highest BCUT2D eigenvalue weighted by molar-refractivity contribution is 6.34. The van der Waals surface area contributed by atoms with E-state index in [1.165, 1.54) is 10.8 Å². The topological polar surface area (TPSA) is 40.2 Å². The van der Waals surface area contributed by atoms with Crippen molar-refractivity contribution in [2.75, 3.05) is 33.0 Å². The summed E-state index contributed by atoms with van der Waals surface area (Å²) in [5.74, 6) is 1.87. The van der Waals surface area contributed by atoms with Crippen LogP contribution in [-0.4, -0.2) is 49.4 Å². The minimum absolute atomic E-state index is 0.345. The molecule has 0 radical (unpaired) electrons. The summed E-state index contributed by atoms with van der Waals surface area (Å²) in [7, 11) is 0.961. The van der Waals surface area contributed by atoms with Crippen molar-refractivity contribution in [3.05, 3.63) is 17.7 Å². The van der Waals surface area contributed by atoms with Crippen LogP contribution in [0.1, 0.15) is 25.8 Å². The molecule has 1 aliphatic heterocycles. The van der Waals surface area contributed by atoms with Crippen molar-refractivity contribution < 1.29 is 18.9 Å². The zero-order valence-electron chi connectivity index (χ0n) is 13.3. The van der Waals surface area contributed by atoms with Crippen LogP contribution in [0.5, 0.6) is 11.5 Å². The third-order valence-corrected chi connectivity index (χ3v) is 4.20. The van der Waals surface area contributed by atoms with Gasteiger partial charge < -0.3 is 18.9 Å². The second kappa shape index (κ2) is 8.41. The lowest BCUT2D eigenvalue weighted by Gasteiger charge is -2.17. The number of rotatable bonds is 10. The highest BCUT2D eigenvalue weighted by Crippen LogP contribution is 2.30. The van der Waals surface area contributed by atoms with E-state index in [0.29, 0.717) is 19.3 Å². The molecule has 2 rings (SSSR count). The van der Waals surface area contributed by atoms with E-state index in [9.17, 15) is 0 Å². The Kier molecular flexibility index (Phi) is 6.54. The quantitative estimate of drug-likeness (QED) is 0.364. The molecule has 0 amide bonds. The van der Waals surface area contributed by atoms with Gasteiger partial charge in [-0.2, -0.15) is 0 Å². The molecule has 1 aromatic carbocycles. The molecule has 4 nitrogen and oxygen atoms in total. The van der Waals surface area contributed by atoms with Gasteiger partial charge in [-0.15, -0.1) is 0 Å². The minimum Gasteiger partial charge on any atom is -0.490 e. The lowest BCUT2D eigenvalue weighted by atomic mass is 10.1. The molecule has 1 fully saturated rings. The van der Waals surface area contributed by atoms with Gasteiger partial charge in [0.15, 0.2) is 11.5 Å². The van der Waals surface area contributed by atoms with Crippen LogP contribution in [0.2, 0.25) is 0 Å². The normalized spacial score (nSPS) is 17.0. The lowest BCUT2D eigenvalue weighted by Crippen LogP contribution is -2.13. The number of hydrogen-bond acceptors (Lipinski definition) is 4. The van der Waals surface area contributed by atoms with E-state index in [4.69, 9.17) is 18.9 Å². The summed E-state index contributed by atoms with van der Waals surface area (Å²) in [6.07, 6.45) is 2.28. The van der Waals surface area contributed by atoms with E-state index in [0.717, 1.165) is 54.4 Å². The highest BCUT2D eigenvalue weighted by Gasteiger charge is 2.22. The number of benzene rings is 1. The second-order valence-corrected chi connectivity index (χ2v) is 6.28. The fourth-order valence-electron chi connectivity index (χ4n) is 2.27. The SMILES string of the molecule is CCOc1c([SiH3])ccc(CCCOCC2CO2)c1OCC. The van der Waals surface area contributed by atoms with Crippen molar-refractivity contribution in [2.24, 2.45) is 0 Å². The van der Waals surface area contributed by atoms with Gasteiger partial charge in [0.05, 0.1) is 26.4 Å². The number of hydrogen-bond donors (Lipinski definition) is 0. The minimum atomic E-state index is 0.345. The fourth-order valence-corrected chi connectivity index (χ4v) is 2.81. The van der Waals surface area contributed by atoms with Crippen LogP contribution >= 0.6 is 0 Å². The smallest absolute Gasteiger partial charge is 0.164 e. The van der Waals surface area contributed by atoms with E-state index in [1.807, 2.05) is 13.8 Å². The maximum absolute atomic E-state index is 5.84. The van der Waals surface area contributed by atoms with Crippen LogP contribution in [0, 0.1) is 0 Å². The average Bonchev–Trinajstić information content (AvgIpc) is 3.29. The largest absolute Gasteiger partial charge is 0.490 e. The maximum atomic E-state index is 5.84. The van der Waals surface area contributed by atoms with Crippen LogP contribution in [0.4, 0.5) is 0 Å². The summed E-state index contributed by atoms with van der Waals surface area (Å²) in [5.41, 5.74) is 1.21. The molecule has 0 N–H and O–H groups in total. The molecule has 0 spiro atoms. The molecular formula is C16H26O4Si. The molecular weight excluding hydrogens is 284 g/mol. The molecule has 0 saturated carbocycles. The Morgan fingerprint density at radius 1 is 1.19 bits per heavy atom. The Bertz CT molecular complexity index is 446. The van der Waals surface area contributed by atoms with E-state index < -0.39 is 0 Å². The molecule has 0 aromatic heterocycles.